The van der Waals surface area contributed by atoms with E-state index in [0.717, 1.165) is 27.6 Å². The second kappa shape index (κ2) is 4.55. The Morgan fingerprint density at radius 3 is 2.25 bits per heavy atom. The van der Waals surface area contributed by atoms with E-state index in [0.29, 0.717) is 11.8 Å². The molecule has 20 heavy (non-hydrogen) atoms. The summed E-state index contributed by atoms with van der Waals surface area (Å²) >= 11 is 0. The van der Waals surface area contributed by atoms with Crippen LogP contribution in [0.5, 0.6) is 0 Å². The van der Waals surface area contributed by atoms with E-state index in [1.165, 1.54) is 11.1 Å². The third-order valence-corrected chi connectivity index (χ3v) is 3.99. The van der Waals surface area contributed by atoms with Crippen molar-refractivity contribution in [3.05, 3.63) is 41.5 Å². The Labute approximate surface area is 119 Å². The van der Waals surface area contributed by atoms with Crippen LogP contribution in [0.1, 0.15) is 50.7 Å². The Balaban J connectivity index is 2.53. The quantitative estimate of drug-likeness (QED) is 0.630. The molecule has 0 bridgehead atoms. The van der Waals surface area contributed by atoms with Crippen LogP contribution in [-0.4, -0.2) is 0 Å². The fourth-order valence-corrected chi connectivity index (χ4v) is 2.88. The highest BCUT2D eigenvalue weighted by Gasteiger charge is 2.19. The molecule has 2 aromatic carbocycles. The third-order valence-electron chi connectivity index (χ3n) is 3.99. The van der Waals surface area contributed by atoms with Crippen LogP contribution in [0.2, 0.25) is 0 Å². The summed E-state index contributed by atoms with van der Waals surface area (Å²) in [6.07, 6.45) is 0. The second-order valence-corrected chi connectivity index (χ2v) is 6.08. The van der Waals surface area contributed by atoms with Crippen molar-refractivity contribution in [3.8, 4) is 0 Å². The monoisotopic (exact) mass is 267 g/mol. The Hall–Kier alpha value is -1.96. The van der Waals surface area contributed by atoms with Crippen LogP contribution in [0.15, 0.2) is 34.7 Å². The SMILES string of the molecule is CC(C)c1cc(C(C)C)c2oc3ccccc3c2c1N. The Kier molecular flexibility index (Phi) is 2.97. The summed E-state index contributed by atoms with van der Waals surface area (Å²) in [5, 5.41) is 2.19. The molecule has 0 saturated carbocycles. The maximum absolute atomic E-state index is 6.44. The lowest BCUT2D eigenvalue weighted by Gasteiger charge is -2.15. The minimum Gasteiger partial charge on any atom is -0.456 e. The fourth-order valence-electron chi connectivity index (χ4n) is 2.88. The average Bonchev–Trinajstić information content (AvgIpc) is 2.77. The molecule has 0 unspecified atom stereocenters. The zero-order chi connectivity index (χ0) is 14.4. The number of hydrogen-bond donors (Lipinski definition) is 1. The maximum Gasteiger partial charge on any atom is 0.140 e. The van der Waals surface area contributed by atoms with E-state index in [-0.39, 0.29) is 0 Å². The first-order valence-corrected chi connectivity index (χ1v) is 7.24. The predicted octanol–water partition coefficient (Wildman–Crippen LogP) is 5.42. The highest BCUT2D eigenvalue weighted by Crippen LogP contribution is 2.41. The molecule has 2 nitrogen and oxygen atoms in total. The largest absolute Gasteiger partial charge is 0.456 e. The van der Waals surface area contributed by atoms with Crippen LogP contribution < -0.4 is 5.73 Å². The van der Waals surface area contributed by atoms with E-state index in [4.69, 9.17) is 10.2 Å². The first-order valence-electron chi connectivity index (χ1n) is 7.24. The van der Waals surface area contributed by atoms with Crippen molar-refractivity contribution in [1.82, 2.24) is 0 Å². The van der Waals surface area contributed by atoms with Gasteiger partial charge in [0.15, 0.2) is 0 Å². The summed E-state index contributed by atoms with van der Waals surface area (Å²) in [6, 6.07) is 10.3. The van der Waals surface area contributed by atoms with Gasteiger partial charge in [0.05, 0.1) is 5.39 Å². The van der Waals surface area contributed by atoms with E-state index in [2.05, 4.69) is 39.8 Å². The fraction of sp³-hybridized carbons (Fsp3) is 0.333. The lowest BCUT2D eigenvalue weighted by molar-refractivity contribution is 0.656. The average molecular weight is 267 g/mol. The minimum atomic E-state index is 0.408. The first-order chi connectivity index (χ1) is 9.50. The van der Waals surface area contributed by atoms with Gasteiger partial charge in [-0.3, -0.25) is 0 Å². The summed E-state index contributed by atoms with van der Waals surface area (Å²) in [5.74, 6) is 0.821. The summed E-state index contributed by atoms with van der Waals surface area (Å²) in [7, 11) is 0. The summed E-state index contributed by atoms with van der Waals surface area (Å²) < 4.78 is 6.08. The lowest BCUT2D eigenvalue weighted by atomic mass is 9.91. The smallest absolute Gasteiger partial charge is 0.140 e. The molecule has 0 atom stereocenters. The van der Waals surface area contributed by atoms with Crippen molar-refractivity contribution in [2.75, 3.05) is 5.73 Å². The molecule has 0 saturated heterocycles. The van der Waals surface area contributed by atoms with E-state index in [1.807, 2.05) is 18.2 Å². The van der Waals surface area contributed by atoms with Gasteiger partial charge in [-0.1, -0.05) is 45.9 Å². The molecule has 0 aliphatic heterocycles. The van der Waals surface area contributed by atoms with Gasteiger partial charge >= 0.3 is 0 Å². The Morgan fingerprint density at radius 2 is 1.60 bits per heavy atom. The highest BCUT2D eigenvalue weighted by molar-refractivity contribution is 6.12. The molecule has 0 amide bonds. The van der Waals surface area contributed by atoms with Gasteiger partial charge in [0.25, 0.3) is 0 Å². The van der Waals surface area contributed by atoms with Gasteiger partial charge in [0.1, 0.15) is 11.2 Å². The van der Waals surface area contributed by atoms with Crippen LogP contribution in [0.25, 0.3) is 21.9 Å². The van der Waals surface area contributed by atoms with Gasteiger partial charge < -0.3 is 10.2 Å². The Bertz CT molecular complexity index is 781. The number of para-hydroxylation sites is 1. The molecular weight excluding hydrogens is 246 g/mol. The number of furan rings is 1. The van der Waals surface area contributed by atoms with E-state index in [9.17, 15) is 0 Å². The molecule has 2 N–H and O–H groups in total. The van der Waals surface area contributed by atoms with Gasteiger partial charge in [-0.05, 0) is 35.1 Å². The number of benzene rings is 2. The van der Waals surface area contributed by atoms with Gasteiger partial charge in [-0.2, -0.15) is 0 Å². The predicted molar refractivity (Wildman–Crippen MR) is 86.3 cm³/mol. The number of hydrogen-bond acceptors (Lipinski definition) is 2. The molecule has 104 valence electrons. The molecule has 3 aromatic rings. The van der Waals surface area contributed by atoms with Crippen LogP contribution in [0.4, 0.5) is 5.69 Å². The van der Waals surface area contributed by atoms with Crippen molar-refractivity contribution in [1.29, 1.82) is 0 Å². The number of anilines is 1. The zero-order valence-electron chi connectivity index (χ0n) is 12.5. The summed E-state index contributed by atoms with van der Waals surface area (Å²) in [6.45, 7) is 8.76. The summed E-state index contributed by atoms with van der Waals surface area (Å²) in [5.41, 5.74) is 11.6. The number of nitrogens with two attached hydrogens (primary N) is 1. The van der Waals surface area contributed by atoms with Gasteiger partial charge in [0.2, 0.25) is 0 Å². The molecule has 1 aromatic heterocycles. The second-order valence-electron chi connectivity index (χ2n) is 6.08. The molecule has 2 heteroatoms. The van der Waals surface area contributed by atoms with E-state index >= 15 is 0 Å². The lowest BCUT2D eigenvalue weighted by Crippen LogP contribution is -2.00. The van der Waals surface area contributed by atoms with Crippen LogP contribution >= 0.6 is 0 Å². The molecule has 0 fully saturated rings. The normalized spacial score (nSPS) is 12.1. The van der Waals surface area contributed by atoms with Crippen molar-refractivity contribution in [2.24, 2.45) is 0 Å². The van der Waals surface area contributed by atoms with Crippen molar-refractivity contribution < 1.29 is 4.42 Å². The molecule has 0 spiro atoms. The van der Waals surface area contributed by atoms with Crippen LogP contribution in [0, 0.1) is 0 Å². The van der Waals surface area contributed by atoms with Crippen LogP contribution in [-0.2, 0) is 0 Å². The van der Waals surface area contributed by atoms with Gasteiger partial charge in [0, 0.05) is 11.1 Å². The minimum absolute atomic E-state index is 0.408. The Morgan fingerprint density at radius 1 is 0.950 bits per heavy atom. The van der Waals surface area contributed by atoms with Crippen molar-refractivity contribution in [2.45, 2.75) is 39.5 Å². The summed E-state index contributed by atoms with van der Waals surface area (Å²) in [4.78, 5) is 0. The number of nitrogen functional groups attached to an aromatic ring is 1. The number of fused-ring (bicyclic) bond motifs is 3. The molecule has 3 rings (SSSR count). The van der Waals surface area contributed by atoms with E-state index in [1.54, 1.807) is 0 Å². The molecule has 0 aliphatic carbocycles. The maximum atomic E-state index is 6.44. The molecular formula is C18H21NO. The van der Waals surface area contributed by atoms with Crippen LogP contribution in [0.3, 0.4) is 0 Å². The first kappa shape index (κ1) is 13.0. The highest BCUT2D eigenvalue weighted by atomic mass is 16.3. The molecule has 1 heterocycles. The van der Waals surface area contributed by atoms with Gasteiger partial charge in [-0.15, -0.1) is 0 Å². The molecule has 0 aliphatic rings. The van der Waals surface area contributed by atoms with Gasteiger partial charge in [-0.25, -0.2) is 0 Å². The standard InChI is InChI=1S/C18H21NO/c1-10(2)13-9-14(11(3)4)18-16(17(13)19)12-7-5-6-8-15(12)20-18/h5-11H,19H2,1-4H3. The number of rotatable bonds is 2. The van der Waals surface area contributed by atoms with Crippen molar-refractivity contribution >= 4 is 27.6 Å². The zero-order valence-corrected chi connectivity index (χ0v) is 12.5. The topological polar surface area (TPSA) is 39.2 Å². The van der Waals surface area contributed by atoms with E-state index < -0.39 is 0 Å². The van der Waals surface area contributed by atoms with Crippen molar-refractivity contribution in [3.63, 3.8) is 0 Å². The third kappa shape index (κ3) is 1.79. The molecule has 0 radical (unpaired) electrons.